The molecule has 0 spiro atoms. The van der Waals surface area contributed by atoms with Crippen molar-refractivity contribution in [2.45, 2.75) is 6.54 Å². The molecule has 0 aliphatic carbocycles. The Kier molecular flexibility index (Phi) is 6.03. The normalized spacial score (nSPS) is 15.5. The van der Waals surface area contributed by atoms with Crippen LogP contribution in [0.5, 0.6) is 17.2 Å². The van der Waals surface area contributed by atoms with Crippen LogP contribution in [0.3, 0.4) is 0 Å². The molecule has 1 N–H and O–H groups in total. The maximum Gasteiger partial charge on any atom is 0.234 e. The van der Waals surface area contributed by atoms with Gasteiger partial charge in [0.1, 0.15) is 5.75 Å². The number of fused-ring (bicyclic) bond motifs is 1. The third-order valence-corrected chi connectivity index (χ3v) is 5.90. The molecular formula is C24H27N5O4. The highest BCUT2D eigenvalue weighted by Crippen LogP contribution is 2.32. The molecule has 9 nitrogen and oxygen atoms in total. The Morgan fingerprint density at radius 1 is 1.09 bits per heavy atom. The van der Waals surface area contributed by atoms with Gasteiger partial charge in [-0.05, 0) is 29.8 Å². The molecular weight excluding hydrogens is 422 g/mol. The van der Waals surface area contributed by atoms with Crippen LogP contribution in [0, 0.1) is 0 Å². The van der Waals surface area contributed by atoms with Crippen LogP contribution >= 0.6 is 0 Å². The predicted molar refractivity (Wildman–Crippen MR) is 123 cm³/mol. The molecule has 2 aromatic carbocycles. The number of benzene rings is 2. The van der Waals surface area contributed by atoms with E-state index < -0.39 is 0 Å². The quantitative estimate of drug-likeness (QED) is 0.591. The number of carbonyl (C=O) groups is 1. The molecule has 9 heteroatoms. The Balaban J connectivity index is 1.13. The number of hydrogen-bond donors (Lipinski definition) is 1. The summed E-state index contributed by atoms with van der Waals surface area (Å²) in [5.74, 6) is 3.19. The molecule has 3 aromatic rings. The third-order valence-electron chi connectivity index (χ3n) is 5.90. The van der Waals surface area contributed by atoms with E-state index in [2.05, 4.69) is 24.7 Å². The monoisotopic (exact) mass is 449 g/mol. The van der Waals surface area contributed by atoms with Crippen molar-refractivity contribution in [1.29, 1.82) is 0 Å². The number of ether oxygens (including phenoxy) is 3. The number of methoxy groups -OCH3 is 1. The van der Waals surface area contributed by atoms with E-state index in [9.17, 15) is 4.79 Å². The van der Waals surface area contributed by atoms with Gasteiger partial charge in [-0.1, -0.05) is 12.1 Å². The van der Waals surface area contributed by atoms with Crippen molar-refractivity contribution in [3.05, 3.63) is 60.4 Å². The molecule has 3 heterocycles. The lowest BCUT2D eigenvalue weighted by molar-refractivity contribution is -0.122. The van der Waals surface area contributed by atoms with Crippen LogP contribution in [-0.2, 0) is 11.3 Å². The van der Waals surface area contributed by atoms with E-state index in [4.69, 9.17) is 14.2 Å². The molecule has 1 saturated heterocycles. The van der Waals surface area contributed by atoms with Crippen LogP contribution in [0.2, 0.25) is 0 Å². The molecule has 33 heavy (non-hydrogen) atoms. The summed E-state index contributed by atoms with van der Waals surface area (Å²) in [4.78, 5) is 21.5. The second-order valence-electron chi connectivity index (χ2n) is 8.03. The van der Waals surface area contributed by atoms with Crippen molar-refractivity contribution in [3.63, 3.8) is 0 Å². The van der Waals surface area contributed by atoms with Crippen LogP contribution in [0.1, 0.15) is 5.56 Å². The second kappa shape index (κ2) is 9.41. The Morgan fingerprint density at radius 3 is 2.79 bits per heavy atom. The minimum atomic E-state index is 0.0130. The van der Waals surface area contributed by atoms with Crippen LogP contribution in [-0.4, -0.2) is 67.0 Å². The predicted octanol–water partition coefficient (Wildman–Crippen LogP) is 2.05. The Hall–Kier alpha value is -3.72. The van der Waals surface area contributed by atoms with E-state index in [0.717, 1.165) is 60.6 Å². The van der Waals surface area contributed by atoms with Crippen LogP contribution < -0.4 is 24.4 Å². The summed E-state index contributed by atoms with van der Waals surface area (Å²) in [5, 5.41) is 3.00. The summed E-state index contributed by atoms with van der Waals surface area (Å²) in [5.41, 5.74) is 1.99. The standard InChI is InChI=1S/C24H27N5O4/c1-31-20-4-2-3-19(14-20)29-8-7-25-24(29)28-11-9-27(10-12-28)16-23(30)26-15-18-5-6-21-22(13-18)33-17-32-21/h2-8,13-14H,9-12,15-17H2,1H3,(H,26,30). The molecule has 1 amide bonds. The van der Waals surface area contributed by atoms with Crippen LogP contribution in [0.25, 0.3) is 5.69 Å². The van der Waals surface area contributed by atoms with Gasteiger partial charge in [0.25, 0.3) is 0 Å². The summed E-state index contributed by atoms with van der Waals surface area (Å²) in [6.07, 6.45) is 3.77. The minimum absolute atomic E-state index is 0.0130. The number of amides is 1. The largest absolute Gasteiger partial charge is 0.497 e. The zero-order chi connectivity index (χ0) is 22.6. The smallest absolute Gasteiger partial charge is 0.234 e. The maximum absolute atomic E-state index is 12.5. The number of imidazole rings is 1. The maximum atomic E-state index is 12.5. The summed E-state index contributed by atoms with van der Waals surface area (Å²) in [6, 6.07) is 13.6. The van der Waals surface area contributed by atoms with Gasteiger partial charge in [0.15, 0.2) is 11.5 Å². The van der Waals surface area contributed by atoms with E-state index in [1.165, 1.54) is 0 Å². The lowest BCUT2D eigenvalue weighted by Gasteiger charge is -2.35. The van der Waals surface area contributed by atoms with Crippen LogP contribution in [0.4, 0.5) is 5.95 Å². The molecule has 1 fully saturated rings. The highest BCUT2D eigenvalue weighted by molar-refractivity contribution is 5.78. The number of piperazine rings is 1. The fourth-order valence-electron chi connectivity index (χ4n) is 4.11. The highest BCUT2D eigenvalue weighted by atomic mass is 16.7. The first-order chi connectivity index (χ1) is 16.2. The number of nitrogens with one attached hydrogen (secondary N) is 1. The van der Waals surface area contributed by atoms with Crippen LogP contribution in [0.15, 0.2) is 54.9 Å². The number of carbonyl (C=O) groups excluding carboxylic acids is 1. The van der Waals surface area contributed by atoms with Crippen molar-refractivity contribution < 1.29 is 19.0 Å². The summed E-state index contributed by atoms with van der Waals surface area (Å²) in [7, 11) is 1.67. The van der Waals surface area contributed by atoms with Gasteiger partial charge in [-0.3, -0.25) is 14.3 Å². The van der Waals surface area contributed by atoms with E-state index in [-0.39, 0.29) is 12.7 Å². The average molecular weight is 450 g/mol. The molecule has 1 aromatic heterocycles. The van der Waals surface area contributed by atoms with E-state index in [1.807, 2.05) is 54.9 Å². The number of rotatable bonds is 7. The fourth-order valence-corrected chi connectivity index (χ4v) is 4.11. The third kappa shape index (κ3) is 4.73. The van der Waals surface area contributed by atoms with Gasteiger partial charge in [-0.25, -0.2) is 4.98 Å². The molecule has 0 bridgehead atoms. The Bertz CT molecular complexity index is 1120. The number of hydrogen-bond acceptors (Lipinski definition) is 7. The van der Waals surface area contributed by atoms with Gasteiger partial charge in [0.2, 0.25) is 18.6 Å². The molecule has 0 atom stereocenters. The summed E-state index contributed by atoms with van der Waals surface area (Å²) < 4.78 is 18.1. The molecule has 0 unspecified atom stereocenters. The molecule has 5 rings (SSSR count). The van der Waals surface area contributed by atoms with Crippen molar-refractivity contribution in [2.75, 3.05) is 51.5 Å². The fraction of sp³-hybridized carbons (Fsp3) is 0.333. The van der Waals surface area contributed by atoms with Crippen molar-refractivity contribution in [1.82, 2.24) is 19.8 Å². The van der Waals surface area contributed by atoms with Gasteiger partial charge in [-0.15, -0.1) is 0 Å². The molecule has 2 aliphatic heterocycles. The molecule has 0 radical (unpaired) electrons. The summed E-state index contributed by atoms with van der Waals surface area (Å²) >= 11 is 0. The topological polar surface area (TPSA) is 81.1 Å². The zero-order valence-corrected chi connectivity index (χ0v) is 18.6. The zero-order valence-electron chi connectivity index (χ0n) is 18.6. The van der Waals surface area contributed by atoms with Crippen molar-refractivity contribution in [2.24, 2.45) is 0 Å². The van der Waals surface area contributed by atoms with Crippen molar-refractivity contribution in [3.8, 4) is 22.9 Å². The van der Waals surface area contributed by atoms with Gasteiger partial charge in [-0.2, -0.15) is 0 Å². The SMILES string of the molecule is COc1cccc(-n2ccnc2N2CCN(CC(=O)NCc3ccc4c(c3)OCO4)CC2)c1. The van der Waals surface area contributed by atoms with Gasteiger partial charge >= 0.3 is 0 Å². The van der Waals surface area contributed by atoms with E-state index in [1.54, 1.807) is 7.11 Å². The molecule has 2 aliphatic rings. The average Bonchev–Trinajstić information content (AvgIpc) is 3.53. The van der Waals surface area contributed by atoms with E-state index >= 15 is 0 Å². The van der Waals surface area contributed by atoms with Crippen molar-refractivity contribution >= 4 is 11.9 Å². The van der Waals surface area contributed by atoms with Gasteiger partial charge in [0, 0.05) is 51.2 Å². The molecule has 0 saturated carbocycles. The van der Waals surface area contributed by atoms with Gasteiger partial charge in [0.05, 0.1) is 19.3 Å². The first-order valence-corrected chi connectivity index (χ1v) is 11.0. The number of aromatic nitrogens is 2. The Morgan fingerprint density at radius 2 is 1.94 bits per heavy atom. The first kappa shape index (κ1) is 21.1. The van der Waals surface area contributed by atoms with E-state index in [0.29, 0.717) is 13.1 Å². The highest BCUT2D eigenvalue weighted by Gasteiger charge is 2.22. The summed E-state index contributed by atoms with van der Waals surface area (Å²) in [6.45, 7) is 4.28. The van der Waals surface area contributed by atoms with Gasteiger partial charge < -0.3 is 24.4 Å². The lowest BCUT2D eigenvalue weighted by atomic mass is 10.2. The Labute approximate surface area is 192 Å². The first-order valence-electron chi connectivity index (χ1n) is 11.0. The lowest BCUT2D eigenvalue weighted by Crippen LogP contribution is -2.50. The molecule has 172 valence electrons. The minimum Gasteiger partial charge on any atom is -0.497 e. The number of anilines is 1. The number of nitrogens with zero attached hydrogens (tertiary/aromatic N) is 4. The second-order valence-corrected chi connectivity index (χ2v) is 8.03.